The van der Waals surface area contributed by atoms with Crippen LogP contribution in [-0.4, -0.2) is 13.1 Å². The monoisotopic (exact) mass is 299 g/mol. The number of rotatable bonds is 4. The van der Waals surface area contributed by atoms with Crippen LogP contribution in [-0.2, 0) is 0 Å². The zero-order valence-electron chi connectivity index (χ0n) is 11.8. The van der Waals surface area contributed by atoms with Crippen molar-refractivity contribution >= 4 is 23.2 Å². The van der Waals surface area contributed by atoms with Gasteiger partial charge in [-0.2, -0.15) is 0 Å². The fourth-order valence-electron chi connectivity index (χ4n) is 3.21. The van der Waals surface area contributed by atoms with Crippen molar-refractivity contribution in [2.45, 2.75) is 39.0 Å². The van der Waals surface area contributed by atoms with E-state index in [-0.39, 0.29) is 0 Å². The van der Waals surface area contributed by atoms with E-state index in [1.165, 1.54) is 24.8 Å². The van der Waals surface area contributed by atoms with Crippen LogP contribution in [0.5, 0.6) is 0 Å². The molecular formula is C16H23Cl2N. The summed E-state index contributed by atoms with van der Waals surface area (Å²) in [5.41, 5.74) is 1.24. The molecule has 1 aliphatic carbocycles. The number of hydrogen-bond donors (Lipinski definition) is 1. The lowest BCUT2D eigenvalue weighted by molar-refractivity contribution is 0.243. The Bertz CT molecular complexity index is 417. The summed E-state index contributed by atoms with van der Waals surface area (Å²) in [4.78, 5) is 0. The molecule has 1 N–H and O–H groups in total. The molecule has 0 aromatic heterocycles. The first-order valence-corrected chi connectivity index (χ1v) is 8.03. The summed E-state index contributed by atoms with van der Waals surface area (Å²) in [6, 6.07) is 6.04. The Balaban J connectivity index is 2.23. The van der Waals surface area contributed by atoms with Gasteiger partial charge in [0.25, 0.3) is 0 Å². The molecule has 1 fully saturated rings. The van der Waals surface area contributed by atoms with Gasteiger partial charge in [-0.05, 0) is 55.3 Å². The number of benzene rings is 1. The second kappa shape index (κ2) is 6.97. The number of halogens is 2. The summed E-state index contributed by atoms with van der Waals surface area (Å²) in [6.07, 6.45) is 3.82. The smallest absolute Gasteiger partial charge is 0.0627 e. The Morgan fingerprint density at radius 3 is 2.79 bits per heavy atom. The first kappa shape index (κ1) is 15.2. The van der Waals surface area contributed by atoms with Crippen LogP contribution in [0.1, 0.15) is 44.6 Å². The van der Waals surface area contributed by atoms with Crippen LogP contribution in [0.3, 0.4) is 0 Å². The molecule has 3 atom stereocenters. The van der Waals surface area contributed by atoms with E-state index < -0.39 is 0 Å². The fraction of sp³-hybridized carbons (Fsp3) is 0.625. The lowest BCUT2D eigenvalue weighted by Crippen LogP contribution is -2.31. The fourth-order valence-corrected chi connectivity index (χ4v) is 3.65. The lowest BCUT2D eigenvalue weighted by atomic mass is 9.71. The lowest BCUT2D eigenvalue weighted by Gasteiger charge is -2.36. The van der Waals surface area contributed by atoms with Crippen LogP contribution in [0.25, 0.3) is 0 Å². The molecule has 1 saturated carbocycles. The van der Waals surface area contributed by atoms with Gasteiger partial charge in [0, 0.05) is 0 Å². The standard InChI is InChI=1S/C16H23Cl2N/c1-3-19-10-12-8-7-11(2)9-14(12)13-5-4-6-15(17)16(13)18/h4-6,11-12,14,19H,3,7-10H2,1-2H3. The second-order valence-electron chi connectivity index (χ2n) is 5.74. The molecule has 1 aromatic rings. The highest BCUT2D eigenvalue weighted by Crippen LogP contribution is 2.43. The van der Waals surface area contributed by atoms with Crippen LogP contribution in [0, 0.1) is 11.8 Å². The molecular weight excluding hydrogens is 277 g/mol. The van der Waals surface area contributed by atoms with E-state index in [2.05, 4.69) is 25.2 Å². The van der Waals surface area contributed by atoms with Crippen LogP contribution in [0.2, 0.25) is 10.0 Å². The molecule has 0 aliphatic heterocycles. The van der Waals surface area contributed by atoms with Crippen molar-refractivity contribution in [3.05, 3.63) is 33.8 Å². The van der Waals surface area contributed by atoms with Gasteiger partial charge in [-0.1, -0.05) is 55.6 Å². The highest BCUT2D eigenvalue weighted by Gasteiger charge is 2.31. The first-order chi connectivity index (χ1) is 9.13. The van der Waals surface area contributed by atoms with E-state index in [9.17, 15) is 0 Å². The second-order valence-corrected chi connectivity index (χ2v) is 6.52. The van der Waals surface area contributed by atoms with E-state index in [0.717, 1.165) is 24.0 Å². The van der Waals surface area contributed by atoms with E-state index in [4.69, 9.17) is 23.2 Å². The Morgan fingerprint density at radius 1 is 1.26 bits per heavy atom. The molecule has 19 heavy (non-hydrogen) atoms. The zero-order chi connectivity index (χ0) is 13.8. The average Bonchev–Trinajstić information content (AvgIpc) is 2.40. The van der Waals surface area contributed by atoms with Gasteiger partial charge in [-0.15, -0.1) is 0 Å². The van der Waals surface area contributed by atoms with Crippen LogP contribution in [0.4, 0.5) is 0 Å². The largest absolute Gasteiger partial charge is 0.317 e. The van der Waals surface area contributed by atoms with Gasteiger partial charge in [0.05, 0.1) is 10.0 Å². The Labute approximate surface area is 126 Å². The third-order valence-corrected chi connectivity index (χ3v) is 5.13. The van der Waals surface area contributed by atoms with Crippen molar-refractivity contribution in [2.75, 3.05) is 13.1 Å². The third-order valence-electron chi connectivity index (χ3n) is 4.29. The van der Waals surface area contributed by atoms with Crippen LogP contribution >= 0.6 is 23.2 Å². The van der Waals surface area contributed by atoms with Crippen molar-refractivity contribution in [1.29, 1.82) is 0 Å². The minimum absolute atomic E-state index is 0.536. The molecule has 1 nitrogen and oxygen atoms in total. The van der Waals surface area contributed by atoms with E-state index in [1.54, 1.807) is 0 Å². The predicted molar refractivity (Wildman–Crippen MR) is 84.3 cm³/mol. The van der Waals surface area contributed by atoms with Crippen molar-refractivity contribution in [2.24, 2.45) is 11.8 Å². The Hall–Kier alpha value is -0.240. The van der Waals surface area contributed by atoms with Gasteiger partial charge < -0.3 is 5.32 Å². The molecule has 0 spiro atoms. The predicted octanol–water partition coefficient (Wildman–Crippen LogP) is 5.12. The van der Waals surface area contributed by atoms with E-state index >= 15 is 0 Å². The first-order valence-electron chi connectivity index (χ1n) is 7.28. The minimum atomic E-state index is 0.536. The summed E-state index contributed by atoms with van der Waals surface area (Å²) in [6.45, 7) is 6.61. The maximum absolute atomic E-state index is 6.42. The molecule has 1 aromatic carbocycles. The molecule has 0 radical (unpaired) electrons. The average molecular weight is 300 g/mol. The van der Waals surface area contributed by atoms with Gasteiger partial charge in [0.15, 0.2) is 0 Å². The summed E-state index contributed by atoms with van der Waals surface area (Å²) < 4.78 is 0. The van der Waals surface area contributed by atoms with Gasteiger partial charge in [0.1, 0.15) is 0 Å². The molecule has 3 unspecified atom stereocenters. The quantitative estimate of drug-likeness (QED) is 0.813. The maximum Gasteiger partial charge on any atom is 0.0627 e. The SMILES string of the molecule is CCNCC1CCC(C)CC1c1cccc(Cl)c1Cl. The van der Waals surface area contributed by atoms with Gasteiger partial charge in [0.2, 0.25) is 0 Å². The Morgan fingerprint density at radius 2 is 2.05 bits per heavy atom. The van der Waals surface area contributed by atoms with E-state index in [1.807, 2.05) is 12.1 Å². The van der Waals surface area contributed by atoms with Crippen molar-refractivity contribution in [3.8, 4) is 0 Å². The van der Waals surface area contributed by atoms with Gasteiger partial charge in [-0.3, -0.25) is 0 Å². The molecule has 1 aliphatic rings. The molecule has 106 valence electrons. The molecule has 2 rings (SSSR count). The maximum atomic E-state index is 6.42. The zero-order valence-corrected chi connectivity index (χ0v) is 13.3. The summed E-state index contributed by atoms with van der Waals surface area (Å²) >= 11 is 12.6. The highest BCUT2D eigenvalue weighted by molar-refractivity contribution is 6.42. The topological polar surface area (TPSA) is 12.0 Å². The summed E-state index contributed by atoms with van der Waals surface area (Å²) in [5.74, 6) is 1.99. The highest BCUT2D eigenvalue weighted by atomic mass is 35.5. The molecule has 0 bridgehead atoms. The third kappa shape index (κ3) is 3.65. The van der Waals surface area contributed by atoms with Crippen molar-refractivity contribution < 1.29 is 0 Å². The Kier molecular flexibility index (Phi) is 5.56. The molecule has 0 amide bonds. The number of hydrogen-bond acceptors (Lipinski definition) is 1. The summed E-state index contributed by atoms with van der Waals surface area (Å²) in [5, 5.41) is 4.93. The molecule has 3 heteroatoms. The number of nitrogens with one attached hydrogen (secondary N) is 1. The van der Waals surface area contributed by atoms with Crippen LogP contribution < -0.4 is 5.32 Å². The van der Waals surface area contributed by atoms with E-state index in [0.29, 0.717) is 16.9 Å². The van der Waals surface area contributed by atoms with Crippen molar-refractivity contribution in [3.63, 3.8) is 0 Å². The van der Waals surface area contributed by atoms with Gasteiger partial charge >= 0.3 is 0 Å². The normalized spacial score (nSPS) is 27.5. The van der Waals surface area contributed by atoms with Crippen molar-refractivity contribution in [1.82, 2.24) is 5.32 Å². The molecule has 0 heterocycles. The minimum Gasteiger partial charge on any atom is -0.317 e. The molecule has 0 saturated heterocycles. The summed E-state index contributed by atoms with van der Waals surface area (Å²) in [7, 11) is 0. The van der Waals surface area contributed by atoms with Gasteiger partial charge in [-0.25, -0.2) is 0 Å². The van der Waals surface area contributed by atoms with Crippen LogP contribution in [0.15, 0.2) is 18.2 Å².